The van der Waals surface area contributed by atoms with Gasteiger partial charge < -0.3 is 0 Å². The lowest BCUT2D eigenvalue weighted by molar-refractivity contribution is 0.309. The molecule has 0 aliphatic carbocycles. The van der Waals surface area contributed by atoms with Gasteiger partial charge in [-0.15, -0.1) is 4.52 Å². The number of rotatable bonds is 21. The van der Waals surface area contributed by atoms with Crippen LogP contribution >= 0.6 is 8.18 Å². The van der Waals surface area contributed by atoms with Crippen LogP contribution in [0.4, 0.5) is 0 Å². The molecule has 0 bridgehead atoms. The van der Waals surface area contributed by atoms with Crippen molar-refractivity contribution in [3.63, 3.8) is 0 Å². The largest absolute Gasteiger partial charge is 0.612 e. The van der Waals surface area contributed by atoms with Gasteiger partial charge in [0.15, 0.2) is 0 Å². The van der Waals surface area contributed by atoms with Crippen molar-refractivity contribution in [2.75, 3.05) is 13.2 Å². The van der Waals surface area contributed by atoms with Crippen LogP contribution in [0.1, 0.15) is 117 Å². The monoisotopic (exact) mass is 386 g/mol. The molecule has 1 N–H and O–H groups in total. The Labute approximate surface area is 164 Å². The van der Waals surface area contributed by atoms with E-state index in [1.54, 1.807) is 0 Å². The lowest BCUT2D eigenvalue weighted by Crippen LogP contribution is -2.07. The number of hydrogen-bond donors (Lipinski definition) is 1. The van der Waals surface area contributed by atoms with Crippen LogP contribution in [-0.4, -0.2) is 13.2 Å². The molecule has 26 heavy (non-hydrogen) atoms. The van der Waals surface area contributed by atoms with Crippen LogP contribution in [0.3, 0.4) is 0 Å². The minimum absolute atomic E-state index is 0.617. The van der Waals surface area contributed by atoms with E-state index in [2.05, 4.69) is 25.5 Å². The zero-order valence-corrected chi connectivity index (χ0v) is 18.6. The topological polar surface area (TPSA) is 38.3 Å². The molecule has 0 aromatic rings. The van der Waals surface area contributed by atoms with Crippen LogP contribution in [-0.2, 0) is 9.09 Å². The molecule has 0 spiro atoms. The predicted octanol–water partition coefficient (Wildman–Crippen LogP) is 8.09. The molecule has 0 fully saturated rings. The van der Waals surface area contributed by atoms with Gasteiger partial charge in [0, 0.05) is 6.54 Å². The third kappa shape index (κ3) is 20.1. The van der Waals surface area contributed by atoms with Crippen LogP contribution < -0.4 is 5.09 Å². The molecule has 1 atom stereocenters. The summed E-state index contributed by atoms with van der Waals surface area (Å²) in [5.74, 6) is 0. The van der Waals surface area contributed by atoms with Crippen molar-refractivity contribution < 1.29 is 9.09 Å². The Morgan fingerprint density at radius 2 is 1.35 bits per heavy atom. The standard InChI is InChI=1S/C22H45NO2P/c1-4-6-7-8-9-10-11-12-13-14-15-18-21-25-26(24)23-20-17-16-19-22(3)5-2/h3-21H2,1-2H3,(H,23,24)/q+1. The van der Waals surface area contributed by atoms with Crippen molar-refractivity contribution >= 4 is 8.18 Å². The van der Waals surface area contributed by atoms with E-state index in [9.17, 15) is 4.57 Å². The van der Waals surface area contributed by atoms with Crippen molar-refractivity contribution in [2.45, 2.75) is 117 Å². The second-order valence-corrected chi connectivity index (χ2v) is 8.54. The van der Waals surface area contributed by atoms with Gasteiger partial charge in [0.25, 0.3) is 0 Å². The highest BCUT2D eigenvalue weighted by atomic mass is 31.1. The van der Waals surface area contributed by atoms with Crippen LogP contribution in [0.2, 0.25) is 0 Å². The van der Waals surface area contributed by atoms with Gasteiger partial charge in [0.05, 0.1) is 0 Å². The normalized spacial score (nSPS) is 11.7. The summed E-state index contributed by atoms with van der Waals surface area (Å²) in [5.41, 5.74) is 1.30. The van der Waals surface area contributed by atoms with Crippen LogP contribution in [0, 0.1) is 0 Å². The molecule has 1 unspecified atom stereocenters. The molecule has 3 nitrogen and oxygen atoms in total. The Bertz CT molecular complexity index is 334. The van der Waals surface area contributed by atoms with Gasteiger partial charge in [-0.05, 0) is 36.7 Å². The van der Waals surface area contributed by atoms with E-state index in [1.165, 1.54) is 76.2 Å². The molecule has 0 aliphatic heterocycles. The Morgan fingerprint density at radius 3 is 1.88 bits per heavy atom. The van der Waals surface area contributed by atoms with Gasteiger partial charge in [0.1, 0.15) is 6.61 Å². The summed E-state index contributed by atoms with van der Waals surface area (Å²) in [6.45, 7) is 9.80. The highest BCUT2D eigenvalue weighted by molar-refractivity contribution is 7.36. The summed E-state index contributed by atoms with van der Waals surface area (Å²) in [4.78, 5) is 0. The summed E-state index contributed by atoms with van der Waals surface area (Å²) in [6, 6.07) is 0. The Morgan fingerprint density at radius 1 is 0.808 bits per heavy atom. The van der Waals surface area contributed by atoms with Gasteiger partial charge in [0.2, 0.25) is 0 Å². The van der Waals surface area contributed by atoms with Crippen molar-refractivity contribution in [1.29, 1.82) is 0 Å². The second-order valence-electron chi connectivity index (χ2n) is 7.45. The summed E-state index contributed by atoms with van der Waals surface area (Å²) < 4.78 is 17.1. The first-order chi connectivity index (χ1) is 12.7. The Balaban J connectivity index is 3.17. The Hall–Kier alpha value is -0.240. The van der Waals surface area contributed by atoms with Crippen molar-refractivity contribution in [3.05, 3.63) is 12.2 Å². The fourth-order valence-corrected chi connectivity index (χ4v) is 3.71. The minimum Gasteiger partial charge on any atom is -0.130 e. The van der Waals surface area contributed by atoms with E-state index < -0.39 is 8.18 Å². The maximum atomic E-state index is 11.7. The molecule has 154 valence electrons. The van der Waals surface area contributed by atoms with E-state index in [-0.39, 0.29) is 0 Å². The second kappa shape index (κ2) is 21.1. The first-order valence-corrected chi connectivity index (χ1v) is 12.4. The van der Waals surface area contributed by atoms with Gasteiger partial charge in [-0.25, -0.2) is 0 Å². The molecule has 0 amide bonds. The van der Waals surface area contributed by atoms with Crippen LogP contribution in [0.5, 0.6) is 0 Å². The Kier molecular flexibility index (Phi) is 20.9. The van der Waals surface area contributed by atoms with E-state index in [4.69, 9.17) is 4.52 Å². The quantitative estimate of drug-likeness (QED) is 0.123. The van der Waals surface area contributed by atoms with Gasteiger partial charge >= 0.3 is 8.18 Å². The van der Waals surface area contributed by atoms with Gasteiger partial charge in [-0.1, -0.05) is 102 Å². The van der Waals surface area contributed by atoms with E-state index in [1.807, 2.05) is 0 Å². The molecular formula is C22H45NO2P+. The molecule has 0 aromatic heterocycles. The fraction of sp³-hybridized carbons (Fsp3) is 0.909. The van der Waals surface area contributed by atoms with E-state index >= 15 is 0 Å². The van der Waals surface area contributed by atoms with Crippen molar-refractivity contribution in [1.82, 2.24) is 5.09 Å². The third-order valence-corrected chi connectivity index (χ3v) is 5.80. The predicted molar refractivity (Wildman–Crippen MR) is 116 cm³/mol. The maximum Gasteiger partial charge on any atom is 0.612 e. The first-order valence-electron chi connectivity index (χ1n) is 11.2. The SMILES string of the molecule is C=C(CC)CCCCN[P+](=O)OCCCCCCCCCCCCCC. The first kappa shape index (κ1) is 25.8. The number of unbranched alkanes of at least 4 members (excludes halogenated alkanes) is 12. The summed E-state index contributed by atoms with van der Waals surface area (Å²) in [5, 5.41) is 2.98. The molecule has 0 saturated heterocycles. The average molecular weight is 387 g/mol. The zero-order valence-electron chi connectivity index (χ0n) is 17.7. The molecule has 0 saturated carbocycles. The van der Waals surface area contributed by atoms with Gasteiger partial charge in [-0.3, -0.25) is 0 Å². The molecule has 0 heterocycles. The van der Waals surface area contributed by atoms with Crippen molar-refractivity contribution in [3.8, 4) is 0 Å². The third-order valence-electron chi connectivity index (χ3n) is 4.90. The summed E-state index contributed by atoms with van der Waals surface area (Å²) in [6.07, 6.45) is 20.3. The number of hydrogen-bond acceptors (Lipinski definition) is 2. The summed E-state index contributed by atoms with van der Waals surface area (Å²) >= 11 is 0. The molecule has 0 radical (unpaired) electrons. The van der Waals surface area contributed by atoms with Gasteiger partial charge in [-0.2, -0.15) is 0 Å². The van der Waals surface area contributed by atoms with Crippen LogP contribution in [0.25, 0.3) is 0 Å². The van der Waals surface area contributed by atoms with Crippen molar-refractivity contribution in [2.24, 2.45) is 0 Å². The fourth-order valence-electron chi connectivity index (χ4n) is 2.98. The highest BCUT2D eigenvalue weighted by Crippen LogP contribution is 2.18. The molecule has 0 aliphatic rings. The zero-order chi connectivity index (χ0) is 19.3. The van der Waals surface area contributed by atoms with E-state index in [0.717, 1.165) is 38.6 Å². The average Bonchev–Trinajstić information content (AvgIpc) is 2.65. The van der Waals surface area contributed by atoms with E-state index in [0.29, 0.717) is 6.61 Å². The molecule has 4 heteroatoms. The lowest BCUT2D eigenvalue weighted by atomic mass is 10.1. The number of nitrogens with one attached hydrogen (secondary N) is 1. The maximum absolute atomic E-state index is 11.7. The van der Waals surface area contributed by atoms with Crippen LogP contribution in [0.15, 0.2) is 12.2 Å². The highest BCUT2D eigenvalue weighted by Gasteiger charge is 2.15. The minimum atomic E-state index is -1.68. The number of allylic oxidation sites excluding steroid dienone is 1. The molecular weight excluding hydrogens is 341 g/mol. The lowest BCUT2D eigenvalue weighted by Gasteiger charge is -2.02. The molecule has 0 aromatic carbocycles. The molecule has 0 rings (SSSR count). The summed E-state index contributed by atoms with van der Waals surface area (Å²) in [7, 11) is -1.68. The smallest absolute Gasteiger partial charge is 0.130 e.